The van der Waals surface area contributed by atoms with E-state index in [1.54, 1.807) is 12.1 Å². The molecule has 0 aliphatic carbocycles. The number of hydrogen-bond donors (Lipinski definition) is 1. The second-order valence-electron chi connectivity index (χ2n) is 4.78. The zero-order valence-electron chi connectivity index (χ0n) is 11.0. The number of rotatable bonds is 4. The van der Waals surface area contributed by atoms with Crippen molar-refractivity contribution in [2.75, 3.05) is 13.2 Å². The first-order valence-corrected chi connectivity index (χ1v) is 6.61. The smallest absolute Gasteiger partial charge is 0.131 e. The van der Waals surface area contributed by atoms with E-state index >= 15 is 0 Å². The van der Waals surface area contributed by atoms with Crippen LogP contribution in [0.1, 0.15) is 17.0 Å². The second kappa shape index (κ2) is 5.51. The van der Waals surface area contributed by atoms with Crippen molar-refractivity contribution in [2.45, 2.75) is 12.5 Å². The molecule has 2 aromatic rings. The Balaban J connectivity index is 1.74. The van der Waals surface area contributed by atoms with Gasteiger partial charge in [-0.2, -0.15) is 0 Å². The summed E-state index contributed by atoms with van der Waals surface area (Å²) in [5.74, 6) is 1.25. The van der Waals surface area contributed by atoms with Gasteiger partial charge in [0, 0.05) is 17.7 Å². The van der Waals surface area contributed by atoms with Crippen LogP contribution in [-0.4, -0.2) is 13.2 Å². The van der Waals surface area contributed by atoms with Crippen molar-refractivity contribution in [1.29, 1.82) is 0 Å². The minimum absolute atomic E-state index is 0.125. The third-order valence-electron chi connectivity index (χ3n) is 3.52. The van der Waals surface area contributed by atoms with Gasteiger partial charge < -0.3 is 15.2 Å². The number of hydrogen-bond acceptors (Lipinski definition) is 3. The average molecular weight is 273 g/mol. The van der Waals surface area contributed by atoms with Crippen molar-refractivity contribution in [3.63, 3.8) is 0 Å². The average Bonchev–Trinajstić information content (AvgIpc) is 2.88. The molecule has 4 heteroatoms. The van der Waals surface area contributed by atoms with Gasteiger partial charge in [0.2, 0.25) is 0 Å². The van der Waals surface area contributed by atoms with Crippen LogP contribution < -0.4 is 15.2 Å². The minimum atomic E-state index is -0.326. The maximum absolute atomic E-state index is 13.6. The summed E-state index contributed by atoms with van der Waals surface area (Å²) in [5, 5.41) is 0. The Labute approximate surface area is 117 Å². The Morgan fingerprint density at radius 2 is 2.05 bits per heavy atom. The highest BCUT2D eigenvalue weighted by atomic mass is 19.1. The number of fused-ring (bicyclic) bond motifs is 1. The lowest BCUT2D eigenvalue weighted by Gasteiger charge is -2.14. The van der Waals surface area contributed by atoms with Gasteiger partial charge in [-0.05, 0) is 18.2 Å². The molecule has 3 nitrogen and oxygen atoms in total. The molecule has 0 radical (unpaired) electrons. The summed E-state index contributed by atoms with van der Waals surface area (Å²) in [6, 6.07) is 12.7. The summed E-state index contributed by atoms with van der Waals surface area (Å²) in [6.07, 6.45) is 0. The highest BCUT2D eigenvalue weighted by Crippen LogP contribution is 2.34. The molecule has 20 heavy (non-hydrogen) atoms. The molecule has 1 heterocycles. The second-order valence-corrected chi connectivity index (χ2v) is 4.78. The van der Waals surface area contributed by atoms with Crippen LogP contribution in [0.15, 0.2) is 42.5 Å². The van der Waals surface area contributed by atoms with Gasteiger partial charge in [-0.1, -0.05) is 24.3 Å². The van der Waals surface area contributed by atoms with Gasteiger partial charge >= 0.3 is 0 Å². The first-order chi connectivity index (χ1) is 9.79. The standard InChI is InChI=1S/C16H16FNO2/c17-14-5-3-7-16(13(14)8-18)20-10-11-9-19-15-6-2-1-4-12(11)15/h1-7,11H,8-10,18H2. The molecule has 2 N–H and O–H groups in total. The monoisotopic (exact) mass is 273 g/mol. The highest BCUT2D eigenvalue weighted by Gasteiger charge is 2.24. The Kier molecular flexibility index (Phi) is 3.56. The molecule has 0 bridgehead atoms. The lowest BCUT2D eigenvalue weighted by Crippen LogP contribution is -2.13. The third kappa shape index (κ3) is 2.34. The van der Waals surface area contributed by atoms with Gasteiger partial charge in [0.25, 0.3) is 0 Å². The number of ether oxygens (including phenoxy) is 2. The van der Waals surface area contributed by atoms with Crippen LogP contribution in [0.4, 0.5) is 4.39 Å². The molecule has 0 spiro atoms. The Bertz CT molecular complexity index is 615. The lowest BCUT2D eigenvalue weighted by molar-refractivity contribution is 0.246. The molecule has 2 aromatic carbocycles. The van der Waals surface area contributed by atoms with Gasteiger partial charge in [0.15, 0.2) is 0 Å². The SMILES string of the molecule is NCc1c(F)cccc1OCC1COc2ccccc21. The number of halogens is 1. The lowest BCUT2D eigenvalue weighted by atomic mass is 10.0. The van der Waals surface area contributed by atoms with E-state index in [1.807, 2.05) is 24.3 Å². The Morgan fingerprint density at radius 1 is 1.20 bits per heavy atom. The predicted molar refractivity (Wildman–Crippen MR) is 74.5 cm³/mol. The van der Waals surface area contributed by atoms with Crippen molar-refractivity contribution in [2.24, 2.45) is 5.73 Å². The summed E-state index contributed by atoms with van der Waals surface area (Å²) < 4.78 is 25.0. The van der Waals surface area contributed by atoms with Crippen molar-refractivity contribution >= 4 is 0 Å². The van der Waals surface area contributed by atoms with Crippen molar-refractivity contribution in [3.8, 4) is 11.5 Å². The Hall–Kier alpha value is -2.07. The number of para-hydroxylation sites is 1. The fraction of sp³-hybridized carbons (Fsp3) is 0.250. The van der Waals surface area contributed by atoms with Crippen LogP contribution >= 0.6 is 0 Å². The van der Waals surface area contributed by atoms with E-state index in [9.17, 15) is 4.39 Å². The fourth-order valence-corrected chi connectivity index (χ4v) is 2.43. The van der Waals surface area contributed by atoms with E-state index in [1.165, 1.54) is 6.07 Å². The Morgan fingerprint density at radius 3 is 2.90 bits per heavy atom. The fourth-order valence-electron chi connectivity index (χ4n) is 2.43. The van der Waals surface area contributed by atoms with Gasteiger partial charge in [-0.3, -0.25) is 0 Å². The minimum Gasteiger partial charge on any atom is -0.493 e. The summed E-state index contributed by atoms with van der Waals surface area (Å²) in [6.45, 7) is 1.17. The van der Waals surface area contributed by atoms with Crippen molar-refractivity contribution in [1.82, 2.24) is 0 Å². The molecule has 1 unspecified atom stereocenters. The third-order valence-corrected chi connectivity index (χ3v) is 3.52. The van der Waals surface area contributed by atoms with Gasteiger partial charge in [-0.15, -0.1) is 0 Å². The first-order valence-electron chi connectivity index (χ1n) is 6.61. The normalized spacial score (nSPS) is 16.6. The molecule has 3 rings (SSSR count). The number of benzene rings is 2. The van der Waals surface area contributed by atoms with Crippen LogP contribution in [0.2, 0.25) is 0 Å². The van der Waals surface area contributed by atoms with E-state index in [4.69, 9.17) is 15.2 Å². The van der Waals surface area contributed by atoms with E-state index in [0.717, 1.165) is 11.3 Å². The van der Waals surface area contributed by atoms with Crippen LogP contribution in [0.3, 0.4) is 0 Å². The van der Waals surface area contributed by atoms with Crippen molar-refractivity contribution < 1.29 is 13.9 Å². The van der Waals surface area contributed by atoms with E-state index < -0.39 is 0 Å². The van der Waals surface area contributed by atoms with Crippen LogP contribution in [-0.2, 0) is 6.54 Å². The molecule has 0 fully saturated rings. The quantitative estimate of drug-likeness (QED) is 0.931. The van der Waals surface area contributed by atoms with Crippen molar-refractivity contribution in [3.05, 3.63) is 59.4 Å². The summed E-state index contributed by atoms with van der Waals surface area (Å²) >= 11 is 0. The molecule has 0 amide bonds. The molecule has 0 saturated carbocycles. The van der Waals surface area contributed by atoms with Gasteiger partial charge in [-0.25, -0.2) is 4.39 Å². The molecular weight excluding hydrogens is 257 g/mol. The molecule has 1 aliphatic rings. The summed E-state index contributed by atoms with van der Waals surface area (Å²) in [7, 11) is 0. The molecular formula is C16H16FNO2. The zero-order chi connectivity index (χ0) is 13.9. The molecule has 1 aliphatic heterocycles. The molecule has 0 saturated heterocycles. The van der Waals surface area contributed by atoms with E-state index in [0.29, 0.717) is 24.5 Å². The summed E-state index contributed by atoms with van der Waals surface area (Å²) in [4.78, 5) is 0. The molecule has 0 aromatic heterocycles. The summed E-state index contributed by atoms with van der Waals surface area (Å²) in [5.41, 5.74) is 7.12. The predicted octanol–water partition coefficient (Wildman–Crippen LogP) is 2.84. The van der Waals surface area contributed by atoms with E-state index in [-0.39, 0.29) is 18.3 Å². The van der Waals surface area contributed by atoms with Crippen LogP contribution in [0, 0.1) is 5.82 Å². The van der Waals surface area contributed by atoms with Crippen LogP contribution in [0.25, 0.3) is 0 Å². The van der Waals surface area contributed by atoms with Crippen LogP contribution in [0.5, 0.6) is 11.5 Å². The topological polar surface area (TPSA) is 44.5 Å². The van der Waals surface area contributed by atoms with E-state index in [2.05, 4.69) is 0 Å². The zero-order valence-corrected chi connectivity index (χ0v) is 11.0. The maximum atomic E-state index is 13.6. The maximum Gasteiger partial charge on any atom is 0.131 e. The van der Waals surface area contributed by atoms with Gasteiger partial charge in [0.1, 0.15) is 17.3 Å². The number of nitrogens with two attached hydrogens (primary N) is 1. The molecule has 104 valence electrons. The highest BCUT2D eigenvalue weighted by molar-refractivity contribution is 5.40. The first kappa shape index (κ1) is 12.9. The molecule has 1 atom stereocenters. The largest absolute Gasteiger partial charge is 0.493 e. The van der Waals surface area contributed by atoms with Gasteiger partial charge in [0.05, 0.1) is 19.1 Å².